The zero-order valence-electron chi connectivity index (χ0n) is 16.7. The molecule has 6 rings (SSSR count). The normalized spacial score (nSPS) is 17.4. The van der Waals surface area contributed by atoms with Crippen LogP contribution in [0.1, 0.15) is 34.2 Å². The van der Waals surface area contributed by atoms with Gasteiger partial charge in [-0.25, -0.2) is 0 Å². The monoisotopic (exact) mass is 433 g/mol. The molecule has 0 fully saturated rings. The summed E-state index contributed by atoms with van der Waals surface area (Å²) in [6, 6.07) is 11.7. The predicted molar refractivity (Wildman–Crippen MR) is 117 cm³/mol. The van der Waals surface area contributed by atoms with Gasteiger partial charge in [-0.1, -0.05) is 28.9 Å². The van der Waals surface area contributed by atoms with Gasteiger partial charge in [0.1, 0.15) is 5.75 Å². The van der Waals surface area contributed by atoms with E-state index in [1.165, 1.54) is 0 Å². The summed E-state index contributed by atoms with van der Waals surface area (Å²) in [6.45, 7) is 1.65. The molecule has 2 aromatic heterocycles. The van der Waals surface area contributed by atoms with Gasteiger partial charge in [-0.15, -0.1) is 0 Å². The second-order valence-corrected chi connectivity index (χ2v) is 8.46. The van der Waals surface area contributed by atoms with Gasteiger partial charge in [-0.3, -0.25) is 4.98 Å². The summed E-state index contributed by atoms with van der Waals surface area (Å²) >= 11 is 6.52. The van der Waals surface area contributed by atoms with Gasteiger partial charge in [-0.05, 0) is 35.4 Å². The molecule has 0 amide bonds. The van der Waals surface area contributed by atoms with Crippen LogP contribution in [0.5, 0.6) is 5.75 Å². The summed E-state index contributed by atoms with van der Waals surface area (Å²) in [4.78, 5) is 4.48. The zero-order valence-corrected chi connectivity index (χ0v) is 17.4. The van der Waals surface area contributed by atoms with Crippen molar-refractivity contribution in [2.24, 2.45) is 0 Å². The molecule has 1 unspecified atom stereocenters. The number of pyridine rings is 1. The molecular formula is C24H20ClN3O3. The van der Waals surface area contributed by atoms with E-state index in [0.29, 0.717) is 11.4 Å². The largest absolute Gasteiger partial charge is 0.481 e. The smallest absolute Gasteiger partial charge is 0.182 e. The molecule has 0 bridgehead atoms. The first-order valence-corrected chi connectivity index (χ1v) is 10.7. The van der Waals surface area contributed by atoms with Crippen LogP contribution in [0.3, 0.4) is 0 Å². The summed E-state index contributed by atoms with van der Waals surface area (Å²) in [7, 11) is 0. The molecular weight excluding hydrogens is 414 g/mol. The Morgan fingerprint density at radius 1 is 1.16 bits per heavy atom. The standard InChI is InChI=1S/C24H20ClN3O3/c25-15-8-14-9-22(24-19-11-26-5-4-20(19)28-31-24)30-23(14)18(10-15)16-3-6-27-21-7-13(12-29)1-2-17(16)21/h1-3,6-8,10,22,26,29H,4-5,9,11-12H2. The first kappa shape index (κ1) is 18.8. The van der Waals surface area contributed by atoms with Crippen LogP contribution in [0.25, 0.3) is 22.0 Å². The van der Waals surface area contributed by atoms with Crippen molar-refractivity contribution in [3.05, 3.63) is 75.8 Å². The highest BCUT2D eigenvalue weighted by Crippen LogP contribution is 2.47. The van der Waals surface area contributed by atoms with E-state index in [1.807, 2.05) is 36.4 Å². The molecule has 4 aromatic rings. The van der Waals surface area contributed by atoms with E-state index < -0.39 is 0 Å². The van der Waals surface area contributed by atoms with E-state index in [9.17, 15) is 5.11 Å². The minimum absolute atomic E-state index is 0.0183. The quantitative estimate of drug-likeness (QED) is 0.499. The molecule has 4 heterocycles. The van der Waals surface area contributed by atoms with E-state index in [2.05, 4.69) is 15.5 Å². The van der Waals surface area contributed by atoms with Crippen molar-refractivity contribution in [1.82, 2.24) is 15.5 Å². The van der Waals surface area contributed by atoms with Gasteiger partial charge < -0.3 is 19.7 Å². The molecule has 2 aliphatic heterocycles. The van der Waals surface area contributed by atoms with E-state index in [0.717, 1.165) is 75.4 Å². The van der Waals surface area contributed by atoms with E-state index in [-0.39, 0.29) is 12.7 Å². The number of hydrogen-bond acceptors (Lipinski definition) is 6. The number of aromatic nitrogens is 2. The second-order valence-electron chi connectivity index (χ2n) is 8.02. The molecule has 1 atom stereocenters. The fourth-order valence-electron chi connectivity index (χ4n) is 4.61. The van der Waals surface area contributed by atoms with E-state index in [4.69, 9.17) is 20.9 Å². The Bertz CT molecular complexity index is 1320. The number of hydrogen-bond donors (Lipinski definition) is 2. The van der Waals surface area contributed by atoms with Gasteiger partial charge in [0.05, 0.1) is 17.8 Å². The fourth-order valence-corrected chi connectivity index (χ4v) is 4.85. The zero-order chi connectivity index (χ0) is 20.9. The van der Waals surface area contributed by atoms with Gasteiger partial charge in [0.25, 0.3) is 0 Å². The summed E-state index contributed by atoms with van der Waals surface area (Å²) in [5.41, 5.74) is 6.76. The van der Waals surface area contributed by atoms with Gasteiger partial charge in [0.2, 0.25) is 0 Å². The molecule has 31 heavy (non-hydrogen) atoms. The Morgan fingerprint density at radius 3 is 3.00 bits per heavy atom. The fraction of sp³-hybridized carbons (Fsp3) is 0.250. The van der Waals surface area contributed by atoms with Crippen LogP contribution in [-0.2, 0) is 26.0 Å². The minimum Gasteiger partial charge on any atom is -0.481 e. The molecule has 156 valence electrons. The average Bonchev–Trinajstić information content (AvgIpc) is 3.41. The Morgan fingerprint density at radius 2 is 2.10 bits per heavy atom. The van der Waals surface area contributed by atoms with Crippen molar-refractivity contribution >= 4 is 22.5 Å². The molecule has 0 radical (unpaired) electrons. The maximum Gasteiger partial charge on any atom is 0.182 e. The molecule has 2 N–H and O–H groups in total. The van der Waals surface area contributed by atoms with Crippen LogP contribution in [-0.4, -0.2) is 21.8 Å². The van der Waals surface area contributed by atoms with Gasteiger partial charge in [0, 0.05) is 59.2 Å². The summed E-state index contributed by atoms with van der Waals surface area (Å²) in [5.74, 6) is 1.62. The third-order valence-corrected chi connectivity index (χ3v) is 6.33. The lowest BCUT2D eigenvalue weighted by Gasteiger charge is -2.15. The van der Waals surface area contributed by atoms with Crippen molar-refractivity contribution in [2.75, 3.05) is 6.54 Å². The van der Waals surface area contributed by atoms with Gasteiger partial charge in [-0.2, -0.15) is 0 Å². The molecule has 0 aliphatic carbocycles. The van der Waals surface area contributed by atoms with Crippen LogP contribution in [0, 0.1) is 0 Å². The number of fused-ring (bicyclic) bond motifs is 3. The Hall–Kier alpha value is -2.93. The summed E-state index contributed by atoms with van der Waals surface area (Å²) in [5, 5.41) is 18.8. The van der Waals surface area contributed by atoms with Crippen LogP contribution >= 0.6 is 11.6 Å². The van der Waals surface area contributed by atoms with Crippen LogP contribution in [0.4, 0.5) is 0 Å². The van der Waals surface area contributed by atoms with Crippen molar-refractivity contribution in [2.45, 2.75) is 32.1 Å². The lowest BCUT2D eigenvalue weighted by molar-refractivity contribution is 0.189. The minimum atomic E-state index is -0.225. The first-order valence-electron chi connectivity index (χ1n) is 10.4. The lowest BCUT2D eigenvalue weighted by atomic mass is 9.96. The maximum absolute atomic E-state index is 9.47. The van der Waals surface area contributed by atoms with Crippen LogP contribution in [0.2, 0.25) is 5.02 Å². The van der Waals surface area contributed by atoms with E-state index in [1.54, 1.807) is 6.20 Å². The number of halogens is 1. The number of nitrogens with zero attached hydrogens (tertiary/aromatic N) is 2. The number of aliphatic hydroxyl groups excluding tert-OH is 1. The molecule has 2 aromatic carbocycles. The molecule has 2 aliphatic rings. The van der Waals surface area contributed by atoms with Crippen LogP contribution < -0.4 is 10.1 Å². The molecule has 0 saturated carbocycles. The van der Waals surface area contributed by atoms with Crippen molar-refractivity contribution in [1.29, 1.82) is 0 Å². The number of benzene rings is 2. The third-order valence-electron chi connectivity index (χ3n) is 6.11. The molecule has 0 spiro atoms. The second kappa shape index (κ2) is 7.34. The SMILES string of the molecule is OCc1ccc2c(-c3cc(Cl)cc4c3OC(c3onc5c3CNCC5)C4)ccnc2c1. The number of rotatable bonds is 3. The number of nitrogens with one attached hydrogen (secondary N) is 1. The first-order chi connectivity index (χ1) is 15.2. The van der Waals surface area contributed by atoms with Crippen molar-refractivity contribution < 1.29 is 14.4 Å². The maximum atomic E-state index is 9.47. The number of aliphatic hydroxyl groups is 1. The highest BCUT2D eigenvalue weighted by molar-refractivity contribution is 6.31. The van der Waals surface area contributed by atoms with Gasteiger partial charge >= 0.3 is 0 Å². The van der Waals surface area contributed by atoms with Crippen LogP contribution in [0.15, 0.2) is 47.1 Å². The third kappa shape index (κ3) is 3.10. The highest BCUT2D eigenvalue weighted by atomic mass is 35.5. The summed E-state index contributed by atoms with van der Waals surface area (Å²) in [6.07, 6.45) is 3.10. The predicted octanol–water partition coefficient (Wildman–Crippen LogP) is 4.36. The van der Waals surface area contributed by atoms with Crippen molar-refractivity contribution in [3.8, 4) is 16.9 Å². The topological polar surface area (TPSA) is 80.4 Å². The Kier molecular flexibility index (Phi) is 4.45. The van der Waals surface area contributed by atoms with Crippen molar-refractivity contribution in [3.63, 3.8) is 0 Å². The Labute approximate surface area is 183 Å². The average molecular weight is 434 g/mol. The summed E-state index contributed by atoms with van der Waals surface area (Å²) < 4.78 is 12.2. The van der Waals surface area contributed by atoms with E-state index >= 15 is 0 Å². The molecule has 0 saturated heterocycles. The molecule has 7 heteroatoms. The lowest BCUT2D eigenvalue weighted by Crippen LogP contribution is -2.24. The number of ether oxygens (including phenoxy) is 1. The molecule has 6 nitrogen and oxygen atoms in total. The highest BCUT2D eigenvalue weighted by Gasteiger charge is 2.34. The van der Waals surface area contributed by atoms with Gasteiger partial charge in [0.15, 0.2) is 11.9 Å². The Balaban J connectivity index is 1.45.